The van der Waals surface area contributed by atoms with Crippen LogP contribution in [0.2, 0.25) is 0 Å². The van der Waals surface area contributed by atoms with Gasteiger partial charge in [0.05, 0.1) is 5.92 Å². The normalized spacial score (nSPS) is 21.2. The third-order valence-electron chi connectivity index (χ3n) is 4.16. The Morgan fingerprint density at radius 3 is 2.43 bits per heavy atom. The topological polar surface area (TPSA) is 57.6 Å². The van der Waals surface area contributed by atoms with E-state index in [-0.39, 0.29) is 23.6 Å². The van der Waals surface area contributed by atoms with Crippen molar-refractivity contribution < 1.29 is 19.1 Å². The molecule has 0 bridgehead atoms. The molecule has 1 aromatic rings. The molecule has 1 aromatic carbocycles. The molecule has 0 aliphatic heterocycles. The fraction of sp³-hybridized carbons (Fsp3) is 0.500. The maximum atomic E-state index is 12.8. The molecule has 21 heavy (non-hydrogen) atoms. The van der Waals surface area contributed by atoms with Gasteiger partial charge >= 0.3 is 5.97 Å². The van der Waals surface area contributed by atoms with Gasteiger partial charge in [-0.15, -0.1) is 0 Å². The van der Waals surface area contributed by atoms with Crippen LogP contribution in [0.4, 0.5) is 4.39 Å². The van der Waals surface area contributed by atoms with Gasteiger partial charge in [-0.05, 0) is 43.4 Å². The summed E-state index contributed by atoms with van der Waals surface area (Å²) in [6.07, 6.45) is 2.33. The second kappa shape index (κ2) is 6.70. The van der Waals surface area contributed by atoms with Gasteiger partial charge in [0.15, 0.2) is 0 Å². The minimum absolute atomic E-state index is 0.0147. The van der Waals surface area contributed by atoms with Crippen molar-refractivity contribution in [3.05, 3.63) is 35.6 Å². The second-order valence-electron chi connectivity index (χ2n) is 5.68. The molecule has 0 spiro atoms. The lowest BCUT2D eigenvalue weighted by Crippen LogP contribution is -2.33. The summed E-state index contributed by atoms with van der Waals surface area (Å²) in [4.78, 5) is 24.8. The van der Waals surface area contributed by atoms with Crippen molar-refractivity contribution in [1.29, 1.82) is 0 Å². The van der Waals surface area contributed by atoms with E-state index in [0.29, 0.717) is 32.2 Å². The summed E-state index contributed by atoms with van der Waals surface area (Å²) in [6, 6.07) is 6.24. The lowest BCUT2D eigenvalue weighted by Gasteiger charge is -2.21. The summed E-state index contributed by atoms with van der Waals surface area (Å²) in [5, 5.41) is 8.97. The van der Waals surface area contributed by atoms with Gasteiger partial charge < -0.3 is 10.0 Å². The van der Waals surface area contributed by atoms with E-state index < -0.39 is 5.97 Å². The Bertz CT molecular complexity index is 515. The largest absolute Gasteiger partial charge is 0.481 e. The predicted octanol–water partition coefficient (Wildman–Crippen LogP) is 2.33. The van der Waals surface area contributed by atoms with E-state index in [1.165, 1.54) is 12.1 Å². The lowest BCUT2D eigenvalue weighted by atomic mass is 10.0. The van der Waals surface area contributed by atoms with E-state index in [0.717, 1.165) is 5.56 Å². The first-order chi connectivity index (χ1) is 9.97. The molecule has 1 fully saturated rings. The summed E-state index contributed by atoms with van der Waals surface area (Å²) in [7, 11) is 1.74. The highest BCUT2D eigenvalue weighted by Crippen LogP contribution is 2.32. The van der Waals surface area contributed by atoms with E-state index in [4.69, 9.17) is 5.11 Å². The molecular weight excluding hydrogens is 273 g/mol. The van der Waals surface area contributed by atoms with Crippen LogP contribution >= 0.6 is 0 Å². The summed E-state index contributed by atoms with van der Waals surface area (Å²) in [6.45, 7) is 0.554. The number of carboxylic acids is 1. The average molecular weight is 293 g/mol. The van der Waals surface area contributed by atoms with Crippen molar-refractivity contribution in [2.24, 2.45) is 11.8 Å². The van der Waals surface area contributed by atoms with Gasteiger partial charge in [-0.2, -0.15) is 0 Å². The molecule has 5 heteroatoms. The minimum atomic E-state index is -0.806. The smallest absolute Gasteiger partial charge is 0.306 e. The van der Waals surface area contributed by atoms with Crippen LogP contribution in [0.1, 0.15) is 24.8 Å². The highest BCUT2D eigenvalue weighted by Gasteiger charge is 2.34. The number of hydrogen-bond donors (Lipinski definition) is 1. The zero-order valence-electron chi connectivity index (χ0n) is 12.1. The highest BCUT2D eigenvalue weighted by molar-refractivity contribution is 5.80. The van der Waals surface area contributed by atoms with Gasteiger partial charge in [-0.25, -0.2) is 4.39 Å². The molecule has 0 unspecified atom stereocenters. The quantitative estimate of drug-likeness (QED) is 0.906. The SMILES string of the molecule is CN(CCc1ccc(F)cc1)C(=O)[C@@H]1CC[C@H](C(=O)O)C1. The van der Waals surface area contributed by atoms with Crippen LogP contribution in [0.15, 0.2) is 24.3 Å². The Kier molecular flexibility index (Phi) is 4.94. The third-order valence-corrected chi connectivity index (χ3v) is 4.16. The Hall–Kier alpha value is -1.91. The van der Waals surface area contributed by atoms with Crippen LogP contribution in [-0.2, 0) is 16.0 Å². The Morgan fingerprint density at radius 1 is 1.24 bits per heavy atom. The highest BCUT2D eigenvalue weighted by atomic mass is 19.1. The van der Waals surface area contributed by atoms with E-state index in [2.05, 4.69) is 0 Å². The number of carboxylic acid groups (broad SMARTS) is 1. The van der Waals surface area contributed by atoms with E-state index in [9.17, 15) is 14.0 Å². The number of benzene rings is 1. The molecule has 1 saturated carbocycles. The first kappa shape index (κ1) is 15.5. The molecule has 2 atom stereocenters. The molecule has 0 saturated heterocycles. The second-order valence-corrected chi connectivity index (χ2v) is 5.68. The molecule has 0 radical (unpaired) electrons. The number of aliphatic carboxylic acids is 1. The van der Waals surface area contributed by atoms with Crippen molar-refractivity contribution in [1.82, 2.24) is 4.90 Å². The third kappa shape index (κ3) is 4.03. The zero-order valence-corrected chi connectivity index (χ0v) is 12.1. The lowest BCUT2D eigenvalue weighted by molar-refractivity contribution is -0.141. The monoisotopic (exact) mass is 293 g/mol. The molecule has 1 aliphatic rings. The first-order valence-corrected chi connectivity index (χ1v) is 7.19. The number of carbonyl (C=O) groups is 2. The molecular formula is C16H20FNO3. The maximum absolute atomic E-state index is 12.8. The van der Waals surface area contributed by atoms with Gasteiger partial charge in [-0.3, -0.25) is 9.59 Å². The summed E-state index contributed by atoms with van der Waals surface area (Å²) >= 11 is 0. The standard InChI is InChI=1S/C16H20FNO3/c1-18(9-8-11-2-6-14(17)7-3-11)15(19)12-4-5-13(10-12)16(20)21/h2-3,6-7,12-13H,4-5,8-10H2,1H3,(H,20,21)/t12-,13+/m1/s1. The van der Waals surface area contributed by atoms with Crippen molar-refractivity contribution in [3.63, 3.8) is 0 Å². The van der Waals surface area contributed by atoms with Gasteiger partial charge in [0.1, 0.15) is 5.82 Å². The number of carbonyl (C=O) groups excluding carboxylic acids is 1. The number of amides is 1. The Morgan fingerprint density at radius 2 is 1.86 bits per heavy atom. The summed E-state index contributed by atoms with van der Waals surface area (Å²) in [5.41, 5.74) is 0.978. The average Bonchev–Trinajstić information content (AvgIpc) is 2.95. The Balaban J connectivity index is 1.83. The van der Waals surface area contributed by atoms with Gasteiger partial charge in [-0.1, -0.05) is 12.1 Å². The van der Waals surface area contributed by atoms with Gasteiger partial charge in [0, 0.05) is 19.5 Å². The zero-order chi connectivity index (χ0) is 15.4. The predicted molar refractivity (Wildman–Crippen MR) is 76.2 cm³/mol. The van der Waals surface area contributed by atoms with Crippen LogP contribution < -0.4 is 0 Å². The maximum Gasteiger partial charge on any atom is 0.306 e. The number of hydrogen-bond acceptors (Lipinski definition) is 2. The van der Waals surface area contributed by atoms with Crippen molar-refractivity contribution in [2.45, 2.75) is 25.7 Å². The van der Waals surface area contributed by atoms with Crippen LogP contribution in [-0.4, -0.2) is 35.5 Å². The fourth-order valence-corrected chi connectivity index (χ4v) is 2.80. The molecule has 0 aromatic heterocycles. The van der Waals surface area contributed by atoms with Crippen molar-refractivity contribution >= 4 is 11.9 Å². The van der Waals surface area contributed by atoms with Gasteiger partial charge in [0.25, 0.3) is 0 Å². The fourth-order valence-electron chi connectivity index (χ4n) is 2.80. The van der Waals surface area contributed by atoms with Crippen LogP contribution in [0.5, 0.6) is 0 Å². The Labute approximate surface area is 123 Å². The molecule has 0 heterocycles. The van der Waals surface area contributed by atoms with Crippen LogP contribution in [0.25, 0.3) is 0 Å². The van der Waals surface area contributed by atoms with E-state index in [1.54, 1.807) is 24.1 Å². The molecule has 4 nitrogen and oxygen atoms in total. The van der Waals surface area contributed by atoms with Gasteiger partial charge in [0.2, 0.25) is 5.91 Å². The number of rotatable bonds is 5. The summed E-state index contributed by atoms with van der Waals surface area (Å²) < 4.78 is 12.8. The number of halogens is 1. The minimum Gasteiger partial charge on any atom is -0.481 e. The molecule has 1 N–H and O–H groups in total. The molecule has 2 rings (SSSR count). The van der Waals surface area contributed by atoms with Crippen LogP contribution in [0, 0.1) is 17.7 Å². The number of nitrogens with zero attached hydrogens (tertiary/aromatic N) is 1. The molecule has 1 aliphatic carbocycles. The van der Waals surface area contributed by atoms with Crippen LogP contribution in [0.3, 0.4) is 0 Å². The van der Waals surface area contributed by atoms with E-state index >= 15 is 0 Å². The number of likely N-dealkylation sites (N-methyl/N-ethyl adjacent to an activating group) is 1. The summed E-state index contributed by atoms with van der Waals surface area (Å²) in [5.74, 6) is -1.62. The first-order valence-electron chi connectivity index (χ1n) is 7.19. The van der Waals surface area contributed by atoms with E-state index in [1.807, 2.05) is 0 Å². The van der Waals surface area contributed by atoms with Crippen molar-refractivity contribution in [3.8, 4) is 0 Å². The molecule has 1 amide bonds. The molecule has 114 valence electrons. The van der Waals surface area contributed by atoms with Crippen molar-refractivity contribution in [2.75, 3.05) is 13.6 Å².